The first-order valence-corrected chi connectivity index (χ1v) is 6.15. The lowest BCUT2D eigenvalue weighted by molar-refractivity contribution is -0.144. The van der Waals surface area contributed by atoms with Gasteiger partial charge in [-0.2, -0.15) is 13.2 Å². The average Bonchev–Trinajstić information content (AvgIpc) is 2.40. The molecule has 0 atom stereocenters. The highest BCUT2D eigenvalue weighted by Gasteiger charge is 2.41. The quantitative estimate of drug-likeness (QED) is 0.544. The van der Waals surface area contributed by atoms with Crippen LogP contribution in [0.2, 0.25) is 0 Å². The molecule has 0 bridgehead atoms. The third-order valence-corrected chi connectivity index (χ3v) is 3.24. The van der Waals surface area contributed by atoms with Gasteiger partial charge in [0.2, 0.25) is 11.7 Å². The van der Waals surface area contributed by atoms with Crippen molar-refractivity contribution in [3.8, 4) is 0 Å². The van der Waals surface area contributed by atoms with Gasteiger partial charge in [0.05, 0.1) is 0 Å². The molecular formula is C11H15F3N6O. The van der Waals surface area contributed by atoms with Crippen molar-refractivity contribution in [1.82, 2.24) is 15.3 Å². The summed E-state index contributed by atoms with van der Waals surface area (Å²) in [5, 5.41) is 2.66. The lowest BCUT2D eigenvalue weighted by atomic mass is 9.99. The second-order valence-electron chi connectivity index (χ2n) is 5.04. The molecular weight excluding hydrogens is 289 g/mol. The minimum absolute atomic E-state index is 0.00914. The van der Waals surface area contributed by atoms with Crippen LogP contribution in [-0.4, -0.2) is 34.5 Å². The number of piperazine rings is 1. The smallest absolute Gasteiger partial charge is 0.352 e. The van der Waals surface area contributed by atoms with E-state index in [1.165, 1.54) is 11.0 Å². The second kappa shape index (κ2) is 5.02. The van der Waals surface area contributed by atoms with Gasteiger partial charge in [-0.1, -0.05) is 0 Å². The van der Waals surface area contributed by atoms with Crippen molar-refractivity contribution >= 4 is 17.5 Å². The highest BCUT2D eigenvalue weighted by Crippen LogP contribution is 2.31. The third kappa shape index (κ3) is 2.84. The zero-order valence-corrected chi connectivity index (χ0v) is 11.5. The largest absolute Gasteiger partial charge is 0.451 e. The molecule has 2 heterocycles. The maximum Gasteiger partial charge on any atom is 0.451 e. The number of halogens is 3. The molecule has 1 aliphatic heterocycles. The summed E-state index contributed by atoms with van der Waals surface area (Å²) in [7, 11) is 0. The Morgan fingerprint density at radius 1 is 1.43 bits per heavy atom. The van der Waals surface area contributed by atoms with Gasteiger partial charge in [0.25, 0.3) is 0 Å². The Hall–Kier alpha value is -2.10. The Balaban J connectivity index is 2.50. The number of hydrogen-bond donors (Lipinski definition) is 3. The number of nitrogens with one attached hydrogen (secondary N) is 2. The number of alkyl halides is 3. The van der Waals surface area contributed by atoms with Gasteiger partial charge in [-0.05, 0) is 13.8 Å². The fraction of sp³-hybridized carbons (Fsp3) is 0.545. The fourth-order valence-corrected chi connectivity index (χ4v) is 2.07. The number of amides is 1. The van der Waals surface area contributed by atoms with Crippen LogP contribution in [0.15, 0.2) is 6.07 Å². The number of nitrogen functional groups attached to an aromatic ring is 1. The number of aromatic nitrogens is 2. The van der Waals surface area contributed by atoms with E-state index < -0.39 is 17.5 Å². The van der Waals surface area contributed by atoms with Crippen LogP contribution in [-0.2, 0) is 11.0 Å². The van der Waals surface area contributed by atoms with Gasteiger partial charge in [-0.15, -0.1) is 0 Å². The summed E-state index contributed by atoms with van der Waals surface area (Å²) in [5.41, 5.74) is 1.05. The van der Waals surface area contributed by atoms with Crippen molar-refractivity contribution in [2.75, 3.05) is 23.4 Å². The van der Waals surface area contributed by atoms with Crippen LogP contribution in [0.25, 0.3) is 0 Å². The van der Waals surface area contributed by atoms with Gasteiger partial charge in [-0.25, -0.2) is 15.8 Å². The molecule has 0 saturated carbocycles. The van der Waals surface area contributed by atoms with Crippen molar-refractivity contribution in [1.29, 1.82) is 0 Å². The molecule has 1 amide bonds. The van der Waals surface area contributed by atoms with Crippen molar-refractivity contribution in [2.45, 2.75) is 25.6 Å². The van der Waals surface area contributed by atoms with Gasteiger partial charge >= 0.3 is 6.18 Å². The Morgan fingerprint density at radius 3 is 2.67 bits per heavy atom. The average molecular weight is 304 g/mol. The van der Waals surface area contributed by atoms with Crippen molar-refractivity contribution in [2.24, 2.45) is 5.84 Å². The zero-order chi connectivity index (χ0) is 15.8. The summed E-state index contributed by atoms with van der Waals surface area (Å²) >= 11 is 0. The van der Waals surface area contributed by atoms with E-state index in [2.05, 4.69) is 20.7 Å². The summed E-state index contributed by atoms with van der Waals surface area (Å²) in [5.74, 6) is 3.37. The molecule has 0 aliphatic carbocycles. The summed E-state index contributed by atoms with van der Waals surface area (Å²) in [6.07, 6.45) is -4.70. The summed E-state index contributed by atoms with van der Waals surface area (Å²) in [6.45, 7) is 3.86. The van der Waals surface area contributed by atoms with Crippen LogP contribution in [0, 0.1) is 0 Å². The monoisotopic (exact) mass is 304 g/mol. The van der Waals surface area contributed by atoms with Crippen LogP contribution in [0.1, 0.15) is 19.7 Å². The first-order chi connectivity index (χ1) is 9.66. The molecule has 116 valence electrons. The van der Waals surface area contributed by atoms with E-state index in [-0.39, 0.29) is 17.5 Å². The van der Waals surface area contributed by atoms with E-state index in [4.69, 9.17) is 5.84 Å². The SMILES string of the molecule is CC1(C)C(=O)NCCN1c1cc(NN)nc(C(F)(F)F)n1. The van der Waals surface area contributed by atoms with Crippen LogP contribution in [0.3, 0.4) is 0 Å². The molecule has 0 aromatic carbocycles. The van der Waals surface area contributed by atoms with E-state index >= 15 is 0 Å². The molecule has 2 rings (SSSR count). The molecule has 0 radical (unpaired) electrons. The maximum absolute atomic E-state index is 12.8. The summed E-state index contributed by atoms with van der Waals surface area (Å²) in [4.78, 5) is 20.2. The molecule has 10 heteroatoms. The minimum Gasteiger partial charge on any atom is -0.352 e. The number of hydrazine groups is 1. The van der Waals surface area contributed by atoms with E-state index in [0.29, 0.717) is 13.1 Å². The number of nitrogens with two attached hydrogens (primary N) is 1. The van der Waals surface area contributed by atoms with Crippen LogP contribution < -0.4 is 21.5 Å². The lowest BCUT2D eigenvalue weighted by Gasteiger charge is -2.42. The lowest BCUT2D eigenvalue weighted by Crippen LogP contribution is -2.62. The van der Waals surface area contributed by atoms with Crippen molar-refractivity contribution in [3.63, 3.8) is 0 Å². The first-order valence-electron chi connectivity index (χ1n) is 6.15. The molecule has 1 aromatic rings. The van der Waals surface area contributed by atoms with Crippen molar-refractivity contribution < 1.29 is 18.0 Å². The third-order valence-electron chi connectivity index (χ3n) is 3.24. The normalized spacial score (nSPS) is 18.4. The number of carbonyl (C=O) groups excluding carboxylic acids is 1. The number of anilines is 2. The van der Waals surface area contributed by atoms with Crippen LogP contribution in [0.5, 0.6) is 0 Å². The maximum atomic E-state index is 12.8. The zero-order valence-electron chi connectivity index (χ0n) is 11.5. The van der Waals surface area contributed by atoms with E-state index in [1.807, 2.05) is 0 Å². The molecule has 1 saturated heterocycles. The second-order valence-corrected chi connectivity index (χ2v) is 5.04. The van der Waals surface area contributed by atoms with Gasteiger partial charge in [0, 0.05) is 19.2 Å². The van der Waals surface area contributed by atoms with Gasteiger partial charge in [0.1, 0.15) is 17.2 Å². The molecule has 7 nitrogen and oxygen atoms in total. The standard InChI is InChI=1S/C11H15F3N6O/c1-10(2)9(21)16-3-4-20(10)7-5-6(19-15)17-8(18-7)11(12,13)14/h5H,3-4,15H2,1-2H3,(H,16,21)(H,17,18,19). The van der Waals surface area contributed by atoms with E-state index in [9.17, 15) is 18.0 Å². The van der Waals surface area contributed by atoms with Crippen LogP contribution >= 0.6 is 0 Å². The number of hydrogen-bond acceptors (Lipinski definition) is 6. The van der Waals surface area contributed by atoms with Gasteiger partial charge < -0.3 is 15.6 Å². The van der Waals surface area contributed by atoms with Crippen LogP contribution in [0.4, 0.5) is 24.8 Å². The van der Waals surface area contributed by atoms with E-state index in [1.54, 1.807) is 13.8 Å². The Labute approximate surface area is 118 Å². The Bertz CT molecular complexity index is 559. The number of nitrogens with zero attached hydrogens (tertiary/aromatic N) is 3. The van der Waals surface area contributed by atoms with E-state index in [0.717, 1.165) is 0 Å². The predicted molar refractivity (Wildman–Crippen MR) is 69.3 cm³/mol. The molecule has 0 spiro atoms. The molecule has 1 aromatic heterocycles. The van der Waals surface area contributed by atoms with Crippen molar-refractivity contribution in [3.05, 3.63) is 11.9 Å². The molecule has 21 heavy (non-hydrogen) atoms. The fourth-order valence-electron chi connectivity index (χ4n) is 2.07. The molecule has 4 N–H and O–H groups in total. The number of carbonyl (C=O) groups is 1. The number of rotatable bonds is 2. The Morgan fingerprint density at radius 2 is 2.10 bits per heavy atom. The predicted octanol–water partition coefficient (Wildman–Crippen LogP) is 0.496. The highest BCUT2D eigenvalue weighted by atomic mass is 19.4. The topological polar surface area (TPSA) is 96.2 Å². The van der Waals surface area contributed by atoms with Gasteiger partial charge in [0.15, 0.2) is 0 Å². The molecule has 1 fully saturated rings. The van der Waals surface area contributed by atoms with Gasteiger partial charge in [-0.3, -0.25) is 4.79 Å². The minimum atomic E-state index is -4.70. The summed E-state index contributed by atoms with van der Waals surface area (Å²) in [6, 6.07) is 1.27. The Kier molecular flexibility index (Phi) is 3.66. The molecule has 1 aliphatic rings. The summed E-state index contributed by atoms with van der Waals surface area (Å²) < 4.78 is 38.5. The highest BCUT2D eigenvalue weighted by molar-refractivity contribution is 5.90. The molecule has 0 unspecified atom stereocenters. The first kappa shape index (κ1) is 15.3.